The summed E-state index contributed by atoms with van der Waals surface area (Å²) in [7, 11) is 0. The number of alkyl carbamates (subject to hydrolysis) is 1. The fraction of sp³-hybridized carbons (Fsp3) is 0.846. The third-order valence-corrected chi connectivity index (χ3v) is 3.93. The van der Waals surface area contributed by atoms with Crippen LogP contribution >= 0.6 is 0 Å². The Morgan fingerprint density at radius 3 is 2.24 bits per heavy atom. The summed E-state index contributed by atoms with van der Waals surface area (Å²) < 4.78 is 37.7. The summed E-state index contributed by atoms with van der Waals surface area (Å²) in [6.45, 7) is 4.73. The molecule has 2 atom stereocenters. The van der Waals surface area contributed by atoms with Crippen LogP contribution < -0.4 is 5.32 Å². The van der Waals surface area contributed by atoms with Crippen molar-refractivity contribution in [3.8, 4) is 0 Å². The Balaban J connectivity index is 2.26. The van der Waals surface area contributed by atoms with Gasteiger partial charge in [-0.2, -0.15) is 0 Å². The van der Waals surface area contributed by atoms with Crippen LogP contribution in [0.2, 0.25) is 0 Å². The van der Waals surface area contributed by atoms with Crippen molar-refractivity contribution >= 4 is 12.1 Å². The fourth-order valence-electron chi connectivity index (χ4n) is 2.85. The lowest BCUT2D eigenvalue weighted by molar-refractivity contribution is -0.153. The number of amides is 1. The maximum absolute atomic E-state index is 13.8. The predicted molar refractivity (Wildman–Crippen MR) is 67.2 cm³/mol. The second kappa shape index (κ2) is 4.53. The number of alkyl halides is 2. The van der Waals surface area contributed by atoms with E-state index in [0.29, 0.717) is 0 Å². The second-order valence-corrected chi connectivity index (χ2v) is 6.60. The van der Waals surface area contributed by atoms with Gasteiger partial charge in [-0.15, -0.1) is 0 Å². The molecule has 2 rings (SSSR count). The second-order valence-electron chi connectivity index (χ2n) is 6.60. The molecule has 2 unspecified atom stereocenters. The van der Waals surface area contributed by atoms with Crippen LogP contribution in [0.1, 0.15) is 33.6 Å². The highest BCUT2D eigenvalue weighted by molar-refractivity contribution is 5.84. The number of carbonyl (C=O) groups excluding carboxylic acids is 1. The van der Waals surface area contributed by atoms with E-state index in [-0.39, 0.29) is 19.6 Å². The molecule has 21 heavy (non-hydrogen) atoms. The lowest BCUT2D eigenvalue weighted by atomic mass is 9.79. The van der Waals surface area contributed by atoms with Crippen molar-refractivity contribution in [3.05, 3.63) is 0 Å². The lowest BCUT2D eigenvalue weighted by Gasteiger charge is -2.35. The number of nitrogens with one attached hydrogen (secondary N) is 1. The van der Waals surface area contributed by atoms with Gasteiger partial charge in [0.15, 0.2) is 5.41 Å². The van der Waals surface area contributed by atoms with Gasteiger partial charge >= 0.3 is 12.1 Å². The van der Waals surface area contributed by atoms with E-state index in [0.717, 1.165) is 0 Å². The molecule has 1 amide bonds. The first-order chi connectivity index (χ1) is 9.46. The first kappa shape index (κ1) is 15.9. The summed E-state index contributed by atoms with van der Waals surface area (Å²) in [5.41, 5.74) is -4.79. The molecule has 0 aromatic heterocycles. The summed E-state index contributed by atoms with van der Waals surface area (Å²) in [4.78, 5) is 23.3. The summed E-state index contributed by atoms with van der Waals surface area (Å²) in [5, 5.41) is 11.6. The van der Waals surface area contributed by atoms with Gasteiger partial charge in [0.2, 0.25) is 0 Å². The minimum absolute atomic E-state index is 0.00807. The quantitative estimate of drug-likeness (QED) is 0.830. The third kappa shape index (κ3) is 2.45. The van der Waals surface area contributed by atoms with Gasteiger partial charge in [0.1, 0.15) is 5.60 Å². The Labute approximate surface area is 120 Å². The molecule has 1 aliphatic heterocycles. The van der Waals surface area contributed by atoms with E-state index in [4.69, 9.17) is 9.47 Å². The van der Waals surface area contributed by atoms with Gasteiger partial charge in [-0.1, -0.05) is 0 Å². The van der Waals surface area contributed by atoms with Crippen molar-refractivity contribution in [1.82, 2.24) is 5.32 Å². The van der Waals surface area contributed by atoms with Crippen molar-refractivity contribution in [2.45, 2.75) is 50.7 Å². The first-order valence-electron chi connectivity index (χ1n) is 6.66. The molecule has 2 N–H and O–H groups in total. The normalized spacial score (nSPS) is 34.3. The third-order valence-electron chi connectivity index (χ3n) is 3.93. The Morgan fingerprint density at radius 1 is 1.33 bits per heavy atom. The Hall–Kier alpha value is -1.44. The lowest BCUT2D eigenvalue weighted by Crippen LogP contribution is -2.60. The van der Waals surface area contributed by atoms with E-state index in [1.165, 1.54) is 0 Å². The number of rotatable bonds is 3. The smallest absolute Gasteiger partial charge is 0.408 e. The van der Waals surface area contributed by atoms with Gasteiger partial charge in [-0.25, -0.2) is 13.6 Å². The standard InChI is InChI=1S/C13H19F2NO5/c1-10(2,3)21-9(19)16-11(4-5-20-7-11)12(8(17)18)6-13(12,14)15/h4-7H2,1-3H3,(H,16,19)(H,17,18). The molecule has 0 spiro atoms. The first-order valence-corrected chi connectivity index (χ1v) is 6.66. The number of carboxylic acid groups (broad SMARTS) is 1. The highest BCUT2D eigenvalue weighted by Gasteiger charge is 2.85. The maximum atomic E-state index is 13.8. The van der Waals surface area contributed by atoms with E-state index in [2.05, 4.69) is 5.32 Å². The van der Waals surface area contributed by atoms with E-state index in [9.17, 15) is 23.5 Å². The molecule has 2 fully saturated rings. The molecule has 2 aliphatic rings. The molecular formula is C13H19F2NO5. The molecule has 6 nitrogen and oxygen atoms in total. The highest BCUT2D eigenvalue weighted by atomic mass is 19.3. The number of aliphatic carboxylic acids is 1. The molecular weight excluding hydrogens is 288 g/mol. The van der Waals surface area contributed by atoms with Gasteiger partial charge in [-0.05, 0) is 27.2 Å². The Morgan fingerprint density at radius 2 is 1.90 bits per heavy atom. The minimum Gasteiger partial charge on any atom is -0.481 e. The summed E-state index contributed by atoms with van der Waals surface area (Å²) >= 11 is 0. The number of hydrogen-bond acceptors (Lipinski definition) is 4. The molecule has 1 aliphatic carbocycles. The van der Waals surface area contributed by atoms with Gasteiger partial charge < -0.3 is 19.9 Å². The number of ether oxygens (including phenoxy) is 2. The molecule has 0 bridgehead atoms. The van der Waals surface area contributed by atoms with Crippen molar-refractivity contribution in [2.75, 3.05) is 13.2 Å². The molecule has 8 heteroatoms. The van der Waals surface area contributed by atoms with E-state index in [1.807, 2.05) is 0 Å². The zero-order valence-corrected chi connectivity index (χ0v) is 12.2. The summed E-state index contributed by atoms with van der Waals surface area (Å²) in [6, 6.07) is 0. The Kier molecular flexibility index (Phi) is 3.44. The fourth-order valence-corrected chi connectivity index (χ4v) is 2.85. The van der Waals surface area contributed by atoms with E-state index < -0.39 is 41.0 Å². The van der Waals surface area contributed by atoms with Crippen LogP contribution in [0.25, 0.3) is 0 Å². The molecule has 1 saturated heterocycles. The van der Waals surface area contributed by atoms with Crippen LogP contribution in [0, 0.1) is 5.41 Å². The topological polar surface area (TPSA) is 84.9 Å². The molecule has 1 saturated carbocycles. The predicted octanol–water partition coefficient (Wildman–Crippen LogP) is 1.78. The number of hydrogen-bond donors (Lipinski definition) is 2. The largest absolute Gasteiger partial charge is 0.481 e. The average molecular weight is 307 g/mol. The van der Waals surface area contributed by atoms with E-state index in [1.54, 1.807) is 20.8 Å². The number of carboxylic acids is 1. The van der Waals surface area contributed by atoms with E-state index >= 15 is 0 Å². The Bertz CT molecular complexity index is 468. The molecule has 0 aromatic rings. The number of carbonyl (C=O) groups is 2. The van der Waals surface area contributed by atoms with Gasteiger partial charge in [0.25, 0.3) is 5.92 Å². The van der Waals surface area contributed by atoms with Crippen LogP contribution in [0.5, 0.6) is 0 Å². The zero-order chi connectivity index (χ0) is 16.1. The average Bonchev–Trinajstić information content (AvgIpc) is 2.66. The van der Waals surface area contributed by atoms with Crippen molar-refractivity contribution in [3.63, 3.8) is 0 Å². The summed E-state index contributed by atoms with van der Waals surface area (Å²) in [6.07, 6.45) is -1.72. The van der Waals surface area contributed by atoms with Crippen LogP contribution in [-0.4, -0.2) is 47.4 Å². The SMILES string of the molecule is CC(C)(C)OC(=O)NC1(C2(C(=O)O)CC2(F)F)CCOC1. The van der Waals surface area contributed by atoms with Crippen molar-refractivity contribution in [2.24, 2.45) is 5.41 Å². The molecule has 1 heterocycles. The highest BCUT2D eigenvalue weighted by Crippen LogP contribution is 2.67. The van der Waals surface area contributed by atoms with Gasteiger partial charge in [-0.3, -0.25) is 4.79 Å². The van der Waals surface area contributed by atoms with Gasteiger partial charge in [0, 0.05) is 13.0 Å². The van der Waals surface area contributed by atoms with Crippen molar-refractivity contribution in [1.29, 1.82) is 0 Å². The van der Waals surface area contributed by atoms with Crippen LogP contribution in [-0.2, 0) is 14.3 Å². The number of halogens is 2. The van der Waals surface area contributed by atoms with Crippen LogP contribution in [0.4, 0.5) is 13.6 Å². The summed E-state index contributed by atoms with van der Waals surface area (Å²) in [5.74, 6) is -5.00. The minimum atomic E-state index is -3.37. The molecule has 0 aromatic carbocycles. The monoisotopic (exact) mass is 307 g/mol. The van der Waals surface area contributed by atoms with Crippen LogP contribution in [0.3, 0.4) is 0 Å². The van der Waals surface area contributed by atoms with Gasteiger partial charge in [0.05, 0.1) is 12.1 Å². The molecule has 120 valence electrons. The molecule has 0 radical (unpaired) electrons. The zero-order valence-electron chi connectivity index (χ0n) is 12.2. The maximum Gasteiger partial charge on any atom is 0.408 e. The van der Waals surface area contributed by atoms with Crippen LogP contribution in [0.15, 0.2) is 0 Å². The van der Waals surface area contributed by atoms with Crippen molar-refractivity contribution < 1.29 is 33.0 Å².